The van der Waals surface area contributed by atoms with E-state index < -0.39 is 6.04 Å². The van der Waals surface area contributed by atoms with Gasteiger partial charge in [-0.3, -0.25) is 9.59 Å². The van der Waals surface area contributed by atoms with E-state index in [1.165, 1.54) is 4.90 Å². The number of carbonyl (C=O) groups is 2. The summed E-state index contributed by atoms with van der Waals surface area (Å²) in [6, 6.07) is -0.559. The van der Waals surface area contributed by atoms with Gasteiger partial charge in [0.05, 0.1) is 12.6 Å². The molecule has 3 N–H and O–H groups in total. The number of methoxy groups -OCH3 is 1. The number of nitrogens with zero attached hydrogens (tertiary/aromatic N) is 1. The van der Waals surface area contributed by atoms with Gasteiger partial charge in [0, 0.05) is 27.3 Å². The van der Waals surface area contributed by atoms with Gasteiger partial charge >= 0.3 is 0 Å². The van der Waals surface area contributed by atoms with Crippen molar-refractivity contribution in [3.05, 3.63) is 0 Å². The predicted molar refractivity (Wildman–Crippen MR) is 70.0 cm³/mol. The van der Waals surface area contributed by atoms with Crippen molar-refractivity contribution in [3.8, 4) is 0 Å². The van der Waals surface area contributed by atoms with Crippen molar-refractivity contribution >= 4 is 11.8 Å². The van der Waals surface area contributed by atoms with Gasteiger partial charge in [0.1, 0.15) is 0 Å². The van der Waals surface area contributed by atoms with Crippen LogP contribution in [0, 0.1) is 5.92 Å². The fourth-order valence-electron chi connectivity index (χ4n) is 1.33. The number of carbonyl (C=O) groups excluding carboxylic acids is 2. The van der Waals surface area contributed by atoms with E-state index >= 15 is 0 Å². The lowest BCUT2D eigenvalue weighted by Gasteiger charge is -2.22. The van der Waals surface area contributed by atoms with Gasteiger partial charge in [-0.05, 0) is 12.3 Å². The summed E-state index contributed by atoms with van der Waals surface area (Å²) >= 11 is 0. The van der Waals surface area contributed by atoms with Gasteiger partial charge in [-0.2, -0.15) is 0 Å². The van der Waals surface area contributed by atoms with Crippen LogP contribution in [0.5, 0.6) is 0 Å². The minimum atomic E-state index is -0.559. The molecule has 0 saturated carbocycles. The Hall–Kier alpha value is -1.14. The zero-order chi connectivity index (χ0) is 14.1. The molecule has 0 aromatic heterocycles. The fourth-order valence-corrected chi connectivity index (χ4v) is 1.33. The average molecular weight is 259 g/mol. The molecule has 18 heavy (non-hydrogen) atoms. The topological polar surface area (TPSA) is 84.7 Å². The van der Waals surface area contributed by atoms with E-state index in [0.29, 0.717) is 13.2 Å². The average Bonchev–Trinajstić information content (AvgIpc) is 2.32. The lowest BCUT2D eigenvalue weighted by atomic mass is 10.0. The number of likely N-dealkylation sites (N-methyl/N-ethyl adjacent to an activating group) is 1. The number of rotatable bonds is 8. The molecule has 1 atom stereocenters. The number of nitrogens with two attached hydrogens (primary N) is 1. The van der Waals surface area contributed by atoms with Crippen LogP contribution in [0.1, 0.15) is 20.3 Å². The van der Waals surface area contributed by atoms with E-state index in [0.717, 1.165) is 6.42 Å². The van der Waals surface area contributed by atoms with Gasteiger partial charge in [0.15, 0.2) is 0 Å². The zero-order valence-electron chi connectivity index (χ0n) is 11.7. The molecule has 2 amide bonds. The molecule has 0 saturated heterocycles. The van der Waals surface area contributed by atoms with Crippen LogP contribution in [0.25, 0.3) is 0 Å². The Bertz CT molecular complexity index is 269. The molecule has 106 valence electrons. The van der Waals surface area contributed by atoms with E-state index in [9.17, 15) is 9.59 Å². The van der Waals surface area contributed by atoms with Crippen molar-refractivity contribution in [1.82, 2.24) is 10.2 Å². The third-order valence-corrected chi connectivity index (χ3v) is 2.61. The monoisotopic (exact) mass is 259 g/mol. The van der Waals surface area contributed by atoms with E-state index in [2.05, 4.69) is 5.32 Å². The lowest BCUT2D eigenvalue weighted by Crippen LogP contribution is -2.48. The van der Waals surface area contributed by atoms with Crippen molar-refractivity contribution in [3.63, 3.8) is 0 Å². The number of amides is 2. The van der Waals surface area contributed by atoms with Crippen molar-refractivity contribution < 1.29 is 14.3 Å². The normalized spacial score (nSPS) is 12.3. The largest absolute Gasteiger partial charge is 0.385 e. The van der Waals surface area contributed by atoms with Crippen LogP contribution in [0.15, 0.2) is 0 Å². The third-order valence-electron chi connectivity index (χ3n) is 2.61. The molecule has 0 aromatic rings. The number of ether oxygens (including phenoxy) is 1. The summed E-state index contributed by atoms with van der Waals surface area (Å²) in [5.41, 5.74) is 5.74. The summed E-state index contributed by atoms with van der Waals surface area (Å²) < 4.78 is 4.87. The van der Waals surface area contributed by atoms with E-state index in [1.807, 2.05) is 13.8 Å². The molecule has 6 heteroatoms. The number of hydrogen-bond donors (Lipinski definition) is 2. The third kappa shape index (κ3) is 6.56. The highest BCUT2D eigenvalue weighted by Gasteiger charge is 2.22. The van der Waals surface area contributed by atoms with Crippen LogP contribution in [0.3, 0.4) is 0 Å². The quantitative estimate of drug-likeness (QED) is 0.580. The number of nitrogens with one attached hydrogen (secondary N) is 1. The Morgan fingerprint density at radius 3 is 2.50 bits per heavy atom. The van der Waals surface area contributed by atoms with Crippen molar-refractivity contribution in [1.29, 1.82) is 0 Å². The molecule has 0 rings (SSSR count). The summed E-state index contributed by atoms with van der Waals surface area (Å²) in [6.07, 6.45) is 0.755. The molecule has 0 aromatic carbocycles. The SMILES string of the molecule is COCCCNC(=O)CN(C)C(=O)[C@@H](N)C(C)C. The van der Waals surface area contributed by atoms with Crippen LogP contribution < -0.4 is 11.1 Å². The summed E-state index contributed by atoms with van der Waals surface area (Å²) in [7, 11) is 3.20. The maximum atomic E-state index is 11.8. The van der Waals surface area contributed by atoms with Gasteiger partial charge in [-0.15, -0.1) is 0 Å². The first-order valence-corrected chi connectivity index (χ1v) is 6.16. The molecule has 0 aliphatic heterocycles. The molecule has 0 bridgehead atoms. The first kappa shape index (κ1) is 16.9. The van der Waals surface area contributed by atoms with E-state index in [4.69, 9.17) is 10.5 Å². The highest BCUT2D eigenvalue weighted by Crippen LogP contribution is 2.01. The van der Waals surface area contributed by atoms with Gasteiger partial charge in [0.2, 0.25) is 11.8 Å². The molecule has 0 heterocycles. The van der Waals surface area contributed by atoms with Gasteiger partial charge in [-0.1, -0.05) is 13.8 Å². The maximum absolute atomic E-state index is 11.8. The summed E-state index contributed by atoms with van der Waals surface area (Å²) in [6.45, 7) is 4.94. The van der Waals surface area contributed by atoms with Crippen LogP contribution in [-0.4, -0.2) is 56.6 Å². The maximum Gasteiger partial charge on any atom is 0.239 e. The van der Waals surface area contributed by atoms with E-state index in [1.54, 1.807) is 14.2 Å². The molecule has 0 unspecified atom stereocenters. The molecule has 0 spiro atoms. The standard InChI is InChI=1S/C12H25N3O3/c1-9(2)11(13)12(17)15(3)8-10(16)14-6-5-7-18-4/h9,11H,5-8,13H2,1-4H3,(H,14,16)/t11-/m0/s1. The molecule has 0 aliphatic rings. The first-order valence-electron chi connectivity index (χ1n) is 6.16. The summed E-state index contributed by atoms with van der Waals surface area (Å²) in [4.78, 5) is 24.7. The molecule has 0 aliphatic carbocycles. The van der Waals surface area contributed by atoms with E-state index in [-0.39, 0.29) is 24.3 Å². The minimum absolute atomic E-state index is 0.0340. The lowest BCUT2D eigenvalue weighted by molar-refractivity contribution is -0.136. The van der Waals surface area contributed by atoms with Crippen LogP contribution in [0.2, 0.25) is 0 Å². The molecule has 0 radical (unpaired) electrons. The molecule has 6 nitrogen and oxygen atoms in total. The van der Waals surface area contributed by atoms with Crippen molar-refractivity contribution in [2.24, 2.45) is 11.7 Å². The molecule has 0 fully saturated rings. The highest BCUT2D eigenvalue weighted by atomic mass is 16.5. The Balaban J connectivity index is 3.96. The Kier molecular flexibility index (Phi) is 8.32. The zero-order valence-corrected chi connectivity index (χ0v) is 11.7. The van der Waals surface area contributed by atoms with Crippen LogP contribution in [-0.2, 0) is 14.3 Å². The fraction of sp³-hybridized carbons (Fsp3) is 0.833. The van der Waals surface area contributed by atoms with Gasteiger partial charge < -0.3 is 20.7 Å². The predicted octanol–water partition coefficient (Wildman–Crippen LogP) is -0.419. The minimum Gasteiger partial charge on any atom is -0.385 e. The number of hydrogen-bond acceptors (Lipinski definition) is 4. The second-order valence-electron chi connectivity index (χ2n) is 4.66. The Morgan fingerprint density at radius 1 is 1.39 bits per heavy atom. The Morgan fingerprint density at radius 2 is 2.00 bits per heavy atom. The second-order valence-corrected chi connectivity index (χ2v) is 4.66. The van der Waals surface area contributed by atoms with Gasteiger partial charge in [0.25, 0.3) is 0 Å². The van der Waals surface area contributed by atoms with Crippen LogP contribution in [0.4, 0.5) is 0 Å². The van der Waals surface area contributed by atoms with Crippen molar-refractivity contribution in [2.45, 2.75) is 26.3 Å². The summed E-state index contributed by atoms with van der Waals surface area (Å²) in [5, 5.41) is 2.72. The molecular weight excluding hydrogens is 234 g/mol. The first-order chi connectivity index (χ1) is 8.40. The second kappa shape index (κ2) is 8.88. The molecular formula is C12H25N3O3. The van der Waals surface area contributed by atoms with Gasteiger partial charge in [-0.25, -0.2) is 0 Å². The van der Waals surface area contributed by atoms with Crippen LogP contribution >= 0.6 is 0 Å². The van der Waals surface area contributed by atoms with Crippen molar-refractivity contribution in [2.75, 3.05) is 33.9 Å². The Labute approximate surface area is 109 Å². The smallest absolute Gasteiger partial charge is 0.239 e. The summed E-state index contributed by atoms with van der Waals surface area (Å²) in [5.74, 6) is -0.334. The highest BCUT2D eigenvalue weighted by molar-refractivity contribution is 5.87.